The Morgan fingerprint density at radius 1 is 1.35 bits per heavy atom. The van der Waals surface area contributed by atoms with Crippen LogP contribution in [0.3, 0.4) is 0 Å². The Hall–Kier alpha value is -0.120. The smallest absolute Gasteiger partial charge is 0.0666 e. The van der Waals surface area contributed by atoms with Crippen molar-refractivity contribution in [3.63, 3.8) is 0 Å². The normalized spacial score (nSPS) is 34.2. The molecular weight excluding hydrogens is 212 g/mol. The van der Waals surface area contributed by atoms with E-state index in [-0.39, 0.29) is 5.60 Å². The highest BCUT2D eigenvalue weighted by Gasteiger charge is 2.31. The number of nitrogens with zero attached hydrogens (tertiary/aromatic N) is 1. The number of hydrogen-bond acceptors (Lipinski definition) is 3. The van der Waals surface area contributed by atoms with Gasteiger partial charge >= 0.3 is 0 Å². The fraction of sp³-hybridized carbons (Fsp3) is 1.00. The summed E-state index contributed by atoms with van der Waals surface area (Å²) in [5, 5.41) is 3.70. The molecule has 3 heteroatoms. The lowest BCUT2D eigenvalue weighted by Crippen LogP contribution is -2.46. The van der Waals surface area contributed by atoms with E-state index < -0.39 is 0 Å². The van der Waals surface area contributed by atoms with E-state index in [1.807, 2.05) is 0 Å². The third-order valence-corrected chi connectivity index (χ3v) is 4.41. The quantitative estimate of drug-likeness (QED) is 0.769. The molecule has 0 radical (unpaired) electrons. The molecule has 3 nitrogen and oxygen atoms in total. The van der Waals surface area contributed by atoms with Gasteiger partial charge in [0.25, 0.3) is 0 Å². The van der Waals surface area contributed by atoms with Gasteiger partial charge in [-0.3, -0.25) is 0 Å². The molecule has 0 aromatic heterocycles. The van der Waals surface area contributed by atoms with Crippen molar-refractivity contribution in [2.45, 2.75) is 63.6 Å². The molecule has 0 bridgehead atoms. The largest absolute Gasteiger partial charge is 0.375 e. The number of ether oxygens (including phenoxy) is 1. The molecule has 0 aromatic carbocycles. The van der Waals surface area contributed by atoms with Gasteiger partial charge in [-0.2, -0.15) is 0 Å². The zero-order valence-corrected chi connectivity index (χ0v) is 11.7. The standard InChI is InChI=1S/C14H28N2O/c1-4-14(2)11-12(7-10-17-14)15-8-9-16(3)13-5-6-13/h12-13,15H,4-11H2,1-3H3. The third-order valence-electron chi connectivity index (χ3n) is 4.41. The second kappa shape index (κ2) is 5.68. The van der Waals surface area contributed by atoms with Crippen LogP contribution in [0.4, 0.5) is 0 Å². The Bertz CT molecular complexity index is 242. The fourth-order valence-electron chi connectivity index (χ4n) is 2.69. The summed E-state index contributed by atoms with van der Waals surface area (Å²) in [4.78, 5) is 2.49. The van der Waals surface area contributed by atoms with Gasteiger partial charge in [-0.05, 0) is 46.1 Å². The molecular formula is C14H28N2O. The lowest BCUT2D eigenvalue weighted by Gasteiger charge is -2.38. The minimum Gasteiger partial charge on any atom is -0.375 e. The molecule has 1 aliphatic carbocycles. The first-order valence-corrected chi connectivity index (χ1v) is 7.20. The molecule has 2 fully saturated rings. The Morgan fingerprint density at radius 2 is 2.12 bits per heavy atom. The minimum absolute atomic E-state index is 0.109. The second-order valence-electron chi connectivity index (χ2n) is 6.01. The average molecular weight is 240 g/mol. The zero-order chi connectivity index (χ0) is 12.3. The van der Waals surface area contributed by atoms with Crippen LogP contribution in [0.5, 0.6) is 0 Å². The molecule has 2 rings (SSSR count). The van der Waals surface area contributed by atoms with E-state index in [0.29, 0.717) is 6.04 Å². The van der Waals surface area contributed by atoms with E-state index in [4.69, 9.17) is 4.74 Å². The van der Waals surface area contributed by atoms with Crippen LogP contribution < -0.4 is 5.32 Å². The topological polar surface area (TPSA) is 24.5 Å². The van der Waals surface area contributed by atoms with Gasteiger partial charge in [-0.25, -0.2) is 0 Å². The van der Waals surface area contributed by atoms with Crippen LogP contribution in [0, 0.1) is 0 Å². The van der Waals surface area contributed by atoms with Gasteiger partial charge in [-0.15, -0.1) is 0 Å². The molecule has 1 saturated heterocycles. The van der Waals surface area contributed by atoms with Crippen LogP contribution in [0.2, 0.25) is 0 Å². The summed E-state index contributed by atoms with van der Waals surface area (Å²) in [6, 6.07) is 1.54. The SMILES string of the molecule is CCC1(C)CC(NCCN(C)C2CC2)CCO1. The van der Waals surface area contributed by atoms with E-state index in [9.17, 15) is 0 Å². The Kier molecular flexibility index (Phi) is 4.45. The fourth-order valence-corrected chi connectivity index (χ4v) is 2.69. The monoisotopic (exact) mass is 240 g/mol. The highest BCUT2D eigenvalue weighted by Crippen LogP contribution is 2.28. The zero-order valence-electron chi connectivity index (χ0n) is 11.7. The first-order valence-electron chi connectivity index (χ1n) is 7.20. The van der Waals surface area contributed by atoms with Crippen LogP contribution in [-0.2, 0) is 4.74 Å². The molecule has 17 heavy (non-hydrogen) atoms. The summed E-state index contributed by atoms with van der Waals surface area (Å²) in [5.41, 5.74) is 0.109. The van der Waals surface area contributed by atoms with Gasteiger partial charge in [0.1, 0.15) is 0 Å². The molecule has 0 aromatic rings. The number of hydrogen-bond donors (Lipinski definition) is 1. The van der Waals surface area contributed by atoms with Crippen molar-refractivity contribution in [2.75, 3.05) is 26.7 Å². The van der Waals surface area contributed by atoms with Gasteiger partial charge in [0, 0.05) is 31.8 Å². The molecule has 2 aliphatic rings. The maximum atomic E-state index is 5.87. The summed E-state index contributed by atoms with van der Waals surface area (Å²) in [6.45, 7) is 7.70. The highest BCUT2D eigenvalue weighted by atomic mass is 16.5. The van der Waals surface area contributed by atoms with Gasteiger partial charge in [0.2, 0.25) is 0 Å². The Balaban J connectivity index is 1.64. The van der Waals surface area contributed by atoms with Crippen LogP contribution in [0.25, 0.3) is 0 Å². The molecule has 1 heterocycles. The first kappa shape index (κ1) is 13.3. The summed E-state index contributed by atoms with van der Waals surface area (Å²) in [7, 11) is 2.25. The van der Waals surface area contributed by atoms with E-state index in [1.54, 1.807) is 0 Å². The van der Waals surface area contributed by atoms with Crippen LogP contribution >= 0.6 is 0 Å². The summed E-state index contributed by atoms with van der Waals surface area (Å²) >= 11 is 0. The van der Waals surface area contributed by atoms with Crippen LogP contribution in [-0.4, -0.2) is 49.3 Å². The molecule has 2 atom stereocenters. The van der Waals surface area contributed by atoms with E-state index in [1.165, 1.54) is 25.8 Å². The van der Waals surface area contributed by atoms with Crippen molar-refractivity contribution in [1.82, 2.24) is 10.2 Å². The van der Waals surface area contributed by atoms with Crippen molar-refractivity contribution in [2.24, 2.45) is 0 Å². The number of rotatable bonds is 6. The van der Waals surface area contributed by atoms with Crippen LogP contribution in [0.15, 0.2) is 0 Å². The van der Waals surface area contributed by atoms with E-state index in [0.717, 1.165) is 32.0 Å². The van der Waals surface area contributed by atoms with Crippen molar-refractivity contribution in [1.29, 1.82) is 0 Å². The van der Waals surface area contributed by atoms with Crippen molar-refractivity contribution >= 4 is 0 Å². The summed E-state index contributed by atoms with van der Waals surface area (Å²) in [5.74, 6) is 0. The molecule has 0 spiro atoms. The van der Waals surface area contributed by atoms with Crippen LogP contribution in [0.1, 0.15) is 46.0 Å². The predicted molar refractivity (Wildman–Crippen MR) is 71.3 cm³/mol. The molecule has 2 unspecified atom stereocenters. The molecule has 0 amide bonds. The van der Waals surface area contributed by atoms with Crippen molar-refractivity contribution in [3.8, 4) is 0 Å². The predicted octanol–water partition coefficient (Wildman–Crippen LogP) is 2.02. The van der Waals surface area contributed by atoms with Crippen molar-refractivity contribution in [3.05, 3.63) is 0 Å². The molecule has 1 N–H and O–H groups in total. The Morgan fingerprint density at radius 3 is 2.76 bits per heavy atom. The number of likely N-dealkylation sites (N-methyl/N-ethyl adjacent to an activating group) is 1. The molecule has 1 aliphatic heterocycles. The maximum absolute atomic E-state index is 5.87. The van der Waals surface area contributed by atoms with Gasteiger partial charge in [0.15, 0.2) is 0 Å². The average Bonchev–Trinajstić information content (AvgIpc) is 3.13. The first-order chi connectivity index (χ1) is 8.13. The minimum atomic E-state index is 0.109. The van der Waals surface area contributed by atoms with Gasteiger partial charge < -0.3 is 15.0 Å². The highest BCUT2D eigenvalue weighted by molar-refractivity contribution is 4.86. The van der Waals surface area contributed by atoms with E-state index in [2.05, 4.69) is 31.1 Å². The summed E-state index contributed by atoms with van der Waals surface area (Å²) in [6.07, 6.45) is 6.26. The van der Waals surface area contributed by atoms with Crippen molar-refractivity contribution < 1.29 is 4.74 Å². The summed E-state index contributed by atoms with van der Waals surface area (Å²) < 4.78 is 5.87. The van der Waals surface area contributed by atoms with Gasteiger partial charge in [0.05, 0.1) is 5.60 Å². The lowest BCUT2D eigenvalue weighted by atomic mass is 9.90. The van der Waals surface area contributed by atoms with E-state index >= 15 is 0 Å². The molecule has 100 valence electrons. The second-order valence-corrected chi connectivity index (χ2v) is 6.01. The third kappa shape index (κ3) is 3.94. The maximum Gasteiger partial charge on any atom is 0.0666 e. The number of nitrogens with one attached hydrogen (secondary N) is 1. The van der Waals surface area contributed by atoms with Gasteiger partial charge in [-0.1, -0.05) is 6.92 Å². The Labute approximate surface area is 106 Å². The molecule has 1 saturated carbocycles. The lowest BCUT2D eigenvalue weighted by molar-refractivity contribution is -0.0779.